The Morgan fingerprint density at radius 2 is 2.22 bits per heavy atom. The topological polar surface area (TPSA) is 130 Å². The monoisotopic (exact) mass is 363 g/mol. The Labute approximate surface area is 135 Å². The molecule has 0 saturated carbocycles. The standard InChI is InChI=1S/C11H11ClFN5O4S/c1-23(20,21)14-5-9-10(18-22-17-9)11(16-19)15-6-2-3-8(13)7(12)4-6/h2-4,14,19H,5H2,1H3,(H,15,16). The van der Waals surface area contributed by atoms with Crippen LogP contribution < -0.4 is 10.0 Å². The lowest BCUT2D eigenvalue weighted by atomic mass is 10.2. The molecule has 12 heteroatoms. The number of oxime groups is 1. The van der Waals surface area contributed by atoms with Crippen LogP contribution in [0.15, 0.2) is 28.0 Å². The quantitative estimate of drug-likeness (QED) is 0.314. The summed E-state index contributed by atoms with van der Waals surface area (Å²) in [4.78, 5) is 0. The molecule has 2 aromatic rings. The molecule has 9 nitrogen and oxygen atoms in total. The summed E-state index contributed by atoms with van der Waals surface area (Å²) in [5.74, 6) is -0.792. The maximum Gasteiger partial charge on any atom is 0.209 e. The summed E-state index contributed by atoms with van der Waals surface area (Å²) >= 11 is 5.66. The largest absolute Gasteiger partial charge is 0.409 e. The lowest BCUT2D eigenvalue weighted by Gasteiger charge is -2.07. The highest BCUT2D eigenvalue weighted by Crippen LogP contribution is 2.20. The number of hydrogen-bond donors (Lipinski definition) is 3. The summed E-state index contributed by atoms with van der Waals surface area (Å²) in [6.07, 6.45) is 0.972. The molecule has 1 aromatic heterocycles. The third kappa shape index (κ3) is 4.61. The fourth-order valence-corrected chi connectivity index (χ4v) is 2.12. The average molecular weight is 364 g/mol. The van der Waals surface area contributed by atoms with E-state index in [1.807, 2.05) is 0 Å². The molecule has 0 amide bonds. The zero-order valence-corrected chi connectivity index (χ0v) is 13.2. The number of amidine groups is 1. The van der Waals surface area contributed by atoms with Crippen molar-refractivity contribution < 1.29 is 22.6 Å². The van der Waals surface area contributed by atoms with Gasteiger partial charge in [0, 0.05) is 5.69 Å². The van der Waals surface area contributed by atoms with Crippen molar-refractivity contribution in [3.8, 4) is 0 Å². The SMILES string of the molecule is CS(=O)(=O)NCc1nonc1C(=NO)Nc1ccc(F)c(Cl)c1. The van der Waals surface area contributed by atoms with E-state index < -0.39 is 15.8 Å². The number of hydrogen-bond acceptors (Lipinski definition) is 7. The molecule has 0 aliphatic rings. The smallest absolute Gasteiger partial charge is 0.209 e. The Kier molecular flexibility index (Phi) is 5.13. The predicted molar refractivity (Wildman–Crippen MR) is 79.3 cm³/mol. The second kappa shape index (κ2) is 6.89. The number of rotatable bonds is 5. The summed E-state index contributed by atoms with van der Waals surface area (Å²) in [5, 5.41) is 21.7. The first kappa shape index (κ1) is 17.1. The van der Waals surface area contributed by atoms with E-state index in [1.165, 1.54) is 12.1 Å². The number of aromatic nitrogens is 2. The minimum atomic E-state index is -3.46. The van der Waals surface area contributed by atoms with Gasteiger partial charge in [0.2, 0.25) is 15.9 Å². The van der Waals surface area contributed by atoms with Gasteiger partial charge in [-0.25, -0.2) is 22.2 Å². The van der Waals surface area contributed by atoms with E-state index in [4.69, 9.17) is 16.8 Å². The molecule has 0 radical (unpaired) electrons. The van der Waals surface area contributed by atoms with E-state index in [0.717, 1.165) is 12.3 Å². The molecule has 124 valence electrons. The molecule has 0 spiro atoms. The lowest BCUT2D eigenvalue weighted by molar-refractivity contribution is 0.300. The molecule has 0 atom stereocenters. The second-order valence-corrected chi connectivity index (χ2v) is 6.60. The zero-order valence-electron chi connectivity index (χ0n) is 11.6. The molecule has 0 bridgehead atoms. The summed E-state index contributed by atoms with van der Waals surface area (Å²) in [5.41, 5.74) is 0.377. The highest BCUT2D eigenvalue weighted by Gasteiger charge is 2.19. The first-order valence-electron chi connectivity index (χ1n) is 6.00. The van der Waals surface area contributed by atoms with E-state index in [2.05, 4.69) is 30.1 Å². The van der Waals surface area contributed by atoms with E-state index >= 15 is 0 Å². The fourth-order valence-electron chi connectivity index (χ4n) is 1.54. The van der Waals surface area contributed by atoms with Crippen LogP contribution in [-0.2, 0) is 16.6 Å². The van der Waals surface area contributed by atoms with Gasteiger partial charge in [-0.3, -0.25) is 0 Å². The highest BCUT2D eigenvalue weighted by atomic mass is 35.5. The Hall–Kier alpha value is -2.24. The first-order chi connectivity index (χ1) is 10.8. The van der Waals surface area contributed by atoms with Gasteiger partial charge in [-0.1, -0.05) is 21.9 Å². The van der Waals surface area contributed by atoms with Crippen LogP contribution >= 0.6 is 11.6 Å². The Morgan fingerprint density at radius 3 is 2.83 bits per heavy atom. The molecule has 0 saturated heterocycles. The maximum absolute atomic E-state index is 13.1. The van der Waals surface area contributed by atoms with Crippen LogP contribution in [0.3, 0.4) is 0 Å². The van der Waals surface area contributed by atoms with Crippen molar-refractivity contribution in [3.63, 3.8) is 0 Å². The third-order valence-electron chi connectivity index (χ3n) is 2.56. The minimum Gasteiger partial charge on any atom is -0.409 e. The molecule has 1 heterocycles. The van der Waals surface area contributed by atoms with Crippen LogP contribution in [0, 0.1) is 5.82 Å². The van der Waals surface area contributed by atoms with Crippen molar-refractivity contribution in [1.82, 2.24) is 15.0 Å². The lowest BCUT2D eigenvalue weighted by Crippen LogP contribution is -2.24. The number of nitrogens with zero attached hydrogens (tertiary/aromatic N) is 3. The molecule has 0 unspecified atom stereocenters. The van der Waals surface area contributed by atoms with Gasteiger partial charge in [-0.05, 0) is 23.4 Å². The minimum absolute atomic E-state index is 0.0240. The van der Waals surface area contributed by atoms with E-state index in [9.17, 15) is 12.8 Å². The molecule has 0 aliphatic carbocycles. The average Bonchev–Trinajstić information content (AvgIpc) is 2.94. The molecule has 0 fully saturated rings. The number of halogens is 2. The van der Waals surface area contributed by atoms with Crippen LogP contribution in [0.25, 0.3) is 0 Å². The van der Waals surface area contributed by atoms with Crippen molar-refractivity contribution in [1.29, 1.82) is 0 Å². The number of nitrogens with one attached hydrogen (secondary N) is 2. The predicted octanol–water partition coefficient (Wildman–Crippen LogP) is 1.16. The van der Waals surface area contributed by atoms with Gasteiger partial charge >= 0.3 is 0 Å². The second-order valence-electron chi connectivity index (χ2n) is 4.36. The van der Waals surface area contributed by atoms with Crippen LogP contribution in [0.4, 0.5) is 10.1 Å². The van der Waals surface area contributed by atoms with E-state index in [-0.39, 0.29) is 28.8 Å². The summed E-state index contributed by atoms with van der Waals surface area (Å²) < 4.78 is 42.1. The molecule has 23 heavy (non-hydrogen) atoms. The van der Waals surface area contributed by atoms with Crippen LogP contribution in [0.5, 0.6) is 0 Å². The van der Waals surface area contributed by atoms with Crippen molar-refractivity contribution in [2.75, 3.05) is 11.6 Å². The van der Waals surface area contributed by atoms with Gasteiger partial charge < -0.3 is 10.5 Å². The third-order valence-corrected chi connectivity index (χ3v) is 3.52. The molecule has 3 N–H and O–H groups in total. The van der Waals surface area contributed by atoms with Crippen molar-refractivity contribution in [2.24, 2.45) is 5.16 Å². The van der Waals surface area contributed by atoms with E-state index in [0.29, 0.717) is 5.69 Å². The molecule has 2 rings (SSSR count). The summed E-state index contributed by atoms with van der Waals surface area (Å²) in [6.45, 7) is -0.220. The fraction of sp³-hybridized carbons (Fsp3) is 0.182. The highest BCUT2D eigenvalue weighted by molar-refractivity contribution is 7.88. The number of sulfonamides is 1. The van der Waals surface area contributed by atoms with Crippen molar-refractivity contribution >= 4 is 33.1 Å². The van der Waals surface area contributed by atoms with Gasteiger partial charge in [0.25, 0.3) is 0 Å². The van der Waals surface area contributed by atoms with Crippen LogP contribution in [0.1, 0.15) is 11.4 Å². The van der Waals surface area contributed by atoms with Gasteiger partial charge in [-0.2, -0.15) is 0 Å². The molecule has 1 aromatic carbocycles. The summed E-state index contributed by atoms with van der Waals surface area (Å²) in [6, 6.07) is 3.74. The first-order valence-corrected chi connectivity index (χ1v) is 8.27. The normalized spacial score (nSPS) is 12.4. The Morgan fingerprint density at radius 1 is 1.48 bits per heavy atom. The van der Waals surface area contributed by atoms with Crippen molar-refractivity contribution in [2.45, 2.75) is 6.54 Å². The van der Waals surface area contributed by atoms with Crippen LogP contribution in [-0.4, -0.2) is 36.0 Å². The summed E-state index contributed by atoms with van der Waals surface area (Å²) in [7, 11) is -3.46. The molecular formula is C11H11ClFN5O4S. The van der Waals surface area contributed by atoms with E-state index in [1.54, 1.807) is 0 Å². The molecule has 0 aliphatic heterocycles. The zero-order chi connectivity index (χ0) is 17.0. The molecular weight excluding hydrogens is 353 g/mol. The Bertz CT molecular complexity index is 839. The van der Waals surface area contributed by atoms with Crippen LogP contribution in [0.2, 0.25) is 5.02 Å². The van der Waals surface area contributed by atoms with Gasteiger partial charge in [0.15, 0.2) is 5.69 Å². The van der Waals surface area contributed by atoms with Gasteiger partial charge in [-0.15, -0.1) is 0 Å². The number of benzene rings is 1. The number of anilines is 1. The maximum atomic E-state index is 13.1. The van der Waals surface area contributed by atoms with Gasteiger partial charge in [0.05, 0.1) is 17.8 Å². The Balaban J connectivity index is 2.22. The van der Waals surface area contributed by atoms with Crippen molar-refractivity contribution in [3.05, 3.63) is 40.4 Å². The van der Waals surface area contributed by atoms with Gasteiger partial charge in [0.1, 0.15) is 11.5 Å².